The summed E-state index contributed by atoms with van der Waals surface area (Å²) < 4.78 is 10.6. The van der Waals surface area contributed by atoms with E-state index in [-0.39, 0.29) is 42.3 Å². The first-order chi connectivity index (χ1) is 15.7. The van der Waals surface area contributed by atoms with Gasteiger partial charge in [0.05, 0.1) is 12.0 Å². The van der Waals surface area contributed by atoms with Gasteiger partial charge in [-0.15, -0.1) is 0 Å². The third kappa shape index (κ3) is 7.35. The molecule has 0 unspecified atom stereocenters. The molecule has 9 nitrogen and oxygen atoms in total. The van der Waals surface area contributed by atoms with E-state index in [0.717, 1.165) is 12.0 Å². The SMILES string of the molecule is CC[C@H](C)NC(=O)[C@H](C)N(Cc1ccc(Cl)cc1)C(=O)COc1ccc([N+](=O)[O-])c(OC)c1. The standard InChI is InChI=1S/C23H28ClN3O6/c1-5-15(2)25-23(29)16(3)26(13-17-6-8-18(24)9-7-17)22(28)14-33-19-10-11-20(27(30)31)21(12-19)32-4/h6-12,15-16H,5,13-14H2,1-4H3,(H,25,29)/t15-,16-/m0/s1. The zero-order chi connectivity index (χ0) is 24.5. The Morgan fingerprint density at radius 1 is 1.18 bits per heavy atom. The van der Waals surface area contributed by atoms with Crippen molar-refractivity contribution in [2.24, 2.45) is 0 Å². The molecule has 0 saturated heterocycles. The summed E-state index contributed by atoms with van der Waals surface area (Å²) in [6.45, 7) is 5.31. The summed E-state index contributed by atoms with van der Waals surface area (Å²) in [5.41, 5.74) is 0.587. The number of nitrogens with zero attached hydrogens (tertiary/aromatic N) is 2. The Bertz CT molecular complexity index is 983. The fourth-order valence-corrected chi connectivity index (χ4v) is 3.09. The van der Waals surface area contributed by atoms with Crippen LogP contribution in [0.15, 0.2) is 42.5 Å². The number of hydrogen-bond acceptors (Lipinski definition) is 6. The van der Waals surface area contributed by atoms with E-state index in [2.05, 4.69) is 5.32 Å². The molecule has 0 fully saturated rings. The van der Waals surface area contributed by atoms with Gasteiger partial charge >= 0.3 is 5.69 Å². The Morgan fingerprint density at radius 3 is 2.42 bits per heavy atom. The molecule has 10 heteroatoms. The molecule has 0 aliphatic rings. The van der Waals surface area contributed by atoms with Gasteiger partial charge in [0.25, 0.3) is 5.91 Å². The lowest BCUT2D eigenvalue weighted by molar-refractivity contribution is -0.385. The number of nitro groups is 1. The number of rotatable bonds is 11. The number of halogens is 1. The number of amides is 2. The maximum atomic E-state index is 13.1. The molecular formula is C23H28ClN3O6. The van der Waals surface area contributed by atoms with Gasteiger partial charge in [-0.05, 0) is 44.0 Å². The van der Waals surface area contributed by atoms with E-state index < -0.39 is 16.9 Å². The van der Waals surface area contributed by atoms with Crippen LogP contribution in [0, 0.1) is 10.1 Å². The summed E-state index contributed by atoms with van der Waals surface area (Å²) in [6, 6.07) is 10.2. The number of hydrogen-bond donors (Lipinski definition) is 1. The average Bonchev–Trinajstić information content (AvgIpc) is 2.81. The van der Waals surface area contributed by atoms with Crippen LogP contribution in [-0.2, 0) is 16.1 Å². The molecule has 0 heterocycles. The lowest BCUT2D eigenvalue weighted by atomic mass is 10.1. The maximum Gasteiger partial charge on any atom is 0.311 e. The van der Waals surface area contributed by atoms with Gasteiger partial charge in [-0.3, -0.25) is 19.7 Å². The first kappa shape index (κ1) is 25.9. The van der Waals surface area contributed by atoms with Crippen molar-refractivity contribution in [2.75, 3.05) is 13.7 Å². The lowest BCUT2D eigenvalue weighted by Gasteiger charge is -2.29. The van der Waals surface area contributed by atoms with Gasteiger partial charge in [-0.25, -0.2) is 0 Å². The predicted molar refractivity (Wildman–Crippen MR) is 125 cm³/mol. The molecule has 0 aliphatic carbocycles. The molecule has 2 atom stereocenters. The molecule has 0 radical (unpaired) electrons. The average molecular weight is 478 g/mol. The van der Waals surface area contributed by atoms with Crippen molar-refractivity contribution in [3.05, 3.63) is 63.2 Å². The highest BCUT2D eigenvalue weighted by atomic mass is 35.5. The van der Waals surface area contributed by atoms with Gasteiger partial charge in [0.1, 0.15) is 11.8 Å². The lowest BCUT2D eigenvalue weighted by Crippen LogP contribution is -2.50. The highest BCUT2D eigenvalue weighted by Gasteiger charge is 2.27. The van der Waals surface area contributed by atoms with E-state index in [1.54, 1.807) is 31.2 Å². The molecule has 2 rings (SSSR count). The first-order valence-corrected chi connectivity index (χ1v) is 10.8. The second kappa shape index (κ2) is 12.1. The van der Waals surface area contributed by atoms with Crippen molar-refractivity contribution in [3.8, 4) is 11.5 Å². The summed E-state index contributed by atoms with van der Waals surface area (Å²) in [5, 5.41) is 14.5. The monoisotopic (exact) mass is 477 g/mol. The zero-order valence-electron chi connectivity index (χ0n) is 19.0. The van der Waals surface area contributed by atoms with Crippen molar-refractivity contribution < 1.29 is 24.0 Å². The molecule has 1 N–H and O–H groups in total. The van der Waals surface area contributed by atoms with Crippen LogP contribution in [-0.4, -0.2) is 47.4 Å². The van der Waals surface area contributed by atoms with Crippen molar-refractivity contribution in [1.29, 1.82) is 0 Å². The number of methoxy groups -OCH3 is 1. The molecule has 0 aromatic heterocycles. The van der Waals surface area contributed by atoms with Crippen LogP contribution in [0.3, 0.4) is 0 Å². The Morgan fingerprint density at radius 2 is 1.85 bits per heavy atom. The van der Waals surface area contributed by atoms with Crippen LogP contribution in [0.1, 0.15) is 32.8 Å². The number of ether oxygens (including phenoxy) is 2. The summed E-state index contributed by atoms with van der Waals surface area (Å²) in [6.07, 6.45) is 0.759. The Kier molecular flexibility index (Phi) is 9.47. The molecule has 0 aliphatic heterocycles. The van der Waals surface area contributed by atoms with Gasteiger partial charge < -0.3 is 19.7 Å². The van der Waals surface area contributed by atoms with Crippen LogP contribution < -0.4 is 14.8 Å². The number of carbonyl (C=O) groups excluding carboxylic acids is 2. The molecule has 0 bridgehead atoms. The summed E-state index contributed by atoms with van der Waals surface area (Å²) in [7, 11) is 1.31. The second-order valence-corrected chi connectivity index (χ2v) is 7.96. The first-order valence-electron chi connectivity index (χ1n) is 10.5. The van der Waals surface area contributed by atoms with Gasteiger partial charge in [0.2, 0.25) is 11.7 Å². The largest absolute Gasteiger partial charge is 0.490 e. The van der Waals surface area contributed by atoms with Crippen molar-refractivity contribution in [3.63, 3.8) is 0 Å². The third-order valence-electron chi connectivity index (χ3n) is 5.14. The van der Waals surface area contributed by atoms with Crippen molar-refractivity contribution >= 4 is 29.1 Å². The molecular weight excluding hydrogens is 450 g/mol. The van der Waals surface area contributed by atoms with Crippen LogP contribution in [0.25, 0.3) is 0 Å². The second-order valence-electron chi connectivity index (χ2n) is 7.52. The molecule has 178 valence electrons. The fourth-order valence-electron chi connectivity index (χ4n) is 2.96. The van der Waals surface area contributed by atoms with Crippen LogP contribution in [0.2, 0.25) is 5.02 Å². The Hall–Kier alpha value is -3.33. The topological polar surface area (TPSA) is 111 Å². The van der Waals surface area contributed by atoms with E-state index in [9.17, 15) is 19.7 Å². The molecule has 33 heavy (non-hydrogen) atoms. The minimum absolute atomic E-state index is 0.0178. The molecule has 0 spiro atoms. The van der Waals surface area contributed by atoms with Crippen molar-refractivity contribution in [1.82, 2.24) is 10.2 Å². The number of carbonyl (C=O) groups is 2. The summed E-state index contributed by atoms with van der Waals surface area (Å²) >= 11 is 5.95. The third-order valence-corrected chi connectivity index (χ3v) is 5.40. The van der Waals surface area contributed by atoms with Gasteiger partial charge in [-0.1, -0.05) is 30.7 Å². The zero-order valence-corrected chi connectivity index (χ0v) is 19.8. The predicted octanol–water partition coefficient (Wildman–Crippen LogP) is 3.97. The van der Waals surface area contributed by atoms with Crippen LogP contribution in [0.4, 0.5) is 5.69 Å². The van der Waals surface area contributed by atoms with Crippen molar-refractivity contribution in [2.45, 2.75) is 45.8 Å². The number of nitrogens with one attached hydrogen (secondary N) is 1. The quantitative estimate of drug-likeness (QED) is 0.387. The smallest absolute Gasteiger partial charge is 0.311 e. The minimum Gasteiger partial charge on any atom is -0.490 e. The van der Waals surface area contributed by atoms with Gasteiger partial charge in [0.15, 0.2) is 6.61 Å². The number of nitro benzene ring substituents is 1. The van der Waals surface area contributed by atoms with E-state index in [1.165, 1.54) is 30.2 Å². The maximum absolute atomic E-state index is 13.1. The Labute approximate surface area is 197 Å². The highest BCUT2D eigenvalue weighted by Crippen LogP contribution is 2.30. The van der Waals surface area contributed by atoms with Gasteiger partial charge in [-0.2, -0.15) is 0 Å². The van der Waals surface area contributed by atoms with E-state index >= 15 is 0 Å². The van der Waals surface area contributed by atoms with E-state index in [1.807, 2.05) is 13.8 Å². The van der Waals surface area contributed by atoms with Crippen LogP contribution in [0.5, 0.6) is 11.5 Å². The highest BCUT2D eigenvalue weighted by molar-refractivity contribution is 6.30. The van der Waals surface area contributed by atoms with E-state index in [0.29, 0.717) is 5.02 Å². The van der Waals surface area contributed by atoms with Gasteiger partial charge in [0, 0.05) is 29.7 Å². The minimum atomic E-state index is -0.753. The fraction of sp³-hybridized carbons (Fsp3) is 0.391. The summed E-state index contributed by atoms with van der Waals surface area (Å²) in [5.74, 6) is -0.448. The molecule has 2 aromatic carbocycles. The summed E-state index contributed by atoms with van der Waals surface area (Å²) in [4.78, 5) is 37.7. The molecule has 2 amide bonds. The normalized spacial score (nSPS) is 12.4. The Balaban J connectivity index is 2.19. The molecule has 0 saturated carbocycles. The van der Waals surface area contributed by atoms with E-state index in [4.69, 9.17) is 21.1 Å². The van der Waals surface area contributed by atoms with Crippen LogP contribution >= 0.6 is 11.6 Å². The molecule has 2 aromatic rings. The number of benzene rings is 2.